The standard InChI is InChI=1S/C21H16Cl2N4S/c22-16-10-8-14(9-11-16)12-27-13-18(23)20(26-27)25-21(28)24-19-7-3-5-15-4-1-2-6-17(15)19/h1-11,13H,12H2,(H2,24,25,26,28). The van der Waals surface area contributed by atoms with E-state index in [4.69, 9.17) is 35.4 Å². The molecule has 0 saturated carbocycles. The van der Waals surface area contributed by atoms with E-state index in [1.807, 2.05) is 54.6 Å². The van der Waals surface area contributed by atoms with Crippen molar-refractivity contribution in [1.82, 2.24) is 9.78 Å². The van der Waals surface area contributed by atoms with Crippen LogP contribution in [-0.4, -0.2) is 14.9 Å². The second-order valence-electron chi connectivity index (χ2n) is 6.26. The van der Waals surface area contributed by atoms with Crippen molar-refractivity contribution in [3.05, 3.63) is 88.5 Å². The lowest BCUT2D eigenvalue weighted by Gasteiger charge is -2.11. The zero-order chi connectivity index (χ0) is 19.5. The fraction of sp³-hybridized carbons (Fsp3) is 0.0476. The highest BCUT2D eigenvalue weighted by molar-refractivity contribution is 7.80. The summed E-state index contributed by atoms with van der Waals surface area (Å²) in [6.45, 7) is 0.585. The predicted octanol–water partition coefficient (Wildman–Crippen LogP) is 6.20. The van der Waals surface area contributed by atoms with E-state index in [0.717, 1.165) is 22.0 Å². The summed E-state index contributed by atoms with van der Waals surface area (Å²) in [6, 6.07) is 21.8. The second-order valence-corrected chi connectivity index (χ2v) is 7.51. The summed E-state index contributed by atoms with van der Waals surface area (Å²) >= 11 is 17.7. The van der Waals surface area contributed by atoms with Crippen LogP contribution in [0.1, 0.15) is 5.56 Å². The number of benzene rings is 3. The Morgan fingerprint density at radius 3 is 2.50 bits per heavy atom. The molecule has 28 heavy (non-hydrogen) atoms. The molecule has 7 heteroatoms. The molecule has 0 radical (unpaired) electrons. The molecule has 0 aliphatic heterocycles. The van der Waals surface area contributed by atoms with E-state index in [2.05, 4.69) is 27.9 Å². The molecular formula is C21H16Cl2N4S. The lowest BCUT2D eigenvalue weighted by Crippen LogP contribution is -2.20. The second kappa shape index (κ2) is 8.19. The average Bonchev–Trinajstić information content (AvgIpc) is 3.02. The number of thiocarbonyl (C=S) groups is 1. The Labute approximate surface area is 178 Å². The maximum Gasteiger partial charge on any atom is 0.176 e. The zero-order valence-electron chi connectivity index (χ0n) is 14.7. The SMILES string of the molecule is S=C(Nc1nn(Cc2ccc(Cl)cc2)cc1Cl)Nc1cccc2ccccc12. The van der Waals surface area contributed by atoms with E-state index in [1.165, 1.54) is 0 Å². The predicted molar refractivity (Wildman–Crippen MR) is 122 cm³/mol. The summed E-state index contributed by atoms with van der Waals surface area (Å²) in [4.78, 5) is 0. The number of rotatable bonds is 4. The molecule has 0 spiro atoms. The van der Waals surface area contributed by atoms with Crippen LogP contribution < -0.4 is 10.6 Å². The molecule has 0 aliphatic rings. The van der Waals surface area contributed by atoms with Crippen molar-refractivity contribution in [1.29, 1.82) is 0 Å². The molecule has 0 saturated heterocycles. The van der Waals surface area contributed by atoms with Crippen molar-refractivity contribution < 1.29 is 0 Å². The Hall–Kier alpha value is -2.60. The van der Waals surface area contributed by atoms with Crippen LogP contribution in [0.2, 0.25) is 10.0 Å². The lowest BCUT2D eigenvalue weighted by atomic mass is 10.1. The molecule has 2 N–H and O–H groups in total. The van der Waals surface area contributed by atoms with Gasteiger partial charge in [0.15, 0.2) is 10.9 Å². The van der Waals surface area contributed by atoms with Gasteiger partial charge in [-0.1, -0.05) is 71.7 Å². The van der Waals surface area contributed by atoms with Gasteiger partial charge >= 0.3 is 0 Å². The molecule has 0 bridgehead atoms. The monoisotopic (exact) mass is 426 g/mol. The van der Waals surface area contributed by atoms with Crippen LogP contribution in [0.15, 0.2) is 72.9 Å². The number of hydrogen-bond donors (Lipinski definition) is 2. The van der Waals surface area contributed by atoms with Gasteiger partial charge < -0.3 is 10.6 Å². The van der Waals surface area contributed by atoms with Crippen LogP contribution in [0.3, 0.4) is 0 Å². The first kappa shape index (κ1) is 18.7. The van der Waals surface area contributed by atoms with E-state index in [9.17, 15) is 0 Å². The van der Waals surface area contributed by atoms with E-state index < -0.39 is 0 Å². The van der Waals surface area contributed by atoms with Gasteiger partial charge in [-0.25, -0.2) is 0 Å². The van der Waals surface area contributed by atoms with Gasteiger partial charge in [0, 0.05) is 22.3 Å². The molecular weight excluding hydrogens is 411 g/mol. The Bertz CT molecular complexity index is 1130. The number of fused-ring (bicyclic) bond motifs is 1. The first-order valence-electron chi connectivity index (χ1n) is 8.62. The molecule has 3 aromatic carbocycles. The van der Waals surface area contributed by atoms with E-state index >= 15 is 0 Å². The van der Waals surface area contributed by atoms with Gasteiger partial charge in [0.25, 0.3) is 0 Å². The summed E-state index contributed by atoms with van der Waals surface area (Å²) in [5.74, 6) is 0.508. The van der Waals surface area contributed by atoms with Crippen molar-refractivity contribution in [3.63, 3.8) is 0 Å². The first-order valence-corrected chi connectivity index (χ1v) is 9.78. The fourth-order valence-corrected chi connectivity index (χ4v) is 3.47. The first-order chi connectivity index (χ1) is 13.6. The van der Waals surface area contributed by atoms with E-state index in [1.54, 1.807) is 10.9 Å². The largest absolute Gasteiger partial charge is 0.332 e. The fourth-order valence-electron chi connectivity index (χ4n) is 2.94. The van der Waals surface area contributed by atoms with Crippen LogP contribution in [-0.2, 0) is 6.54 Å². The summed E-state index contributed by atoms with van der Waals surface area (Å²) in [5, 5.41) is 14.6. The number of hydrogen-bond acceptors (Lipinski definition) is 2. The summed E-state index contributed by atoms with van der Waals surface area (Å²) in [7, 11) is 0. The third-order valence-corrected chi connectivity index (χ3v) is 4.98. The number of nitrogens with zero attached hydrogens (tertiary/aromatic N) is 2. The molecule has 0 amide bonds. The van der Waals surface area contributed by atoms with Crippen LogP contribution in [0, 0.1) is 0 Å². The Balaban J connectivity index is 1.47. The number of nitrogens with one attached hydrogen (secondary N) is 2. The smallest absolute Gasteiger partial charge is 0.176 e. The number of anilines is 2. The molecule has 0 unspecified atom stereocenters. The topological polar surface area (TPSA) is 41.9 Å². The molecule has 4 aromatic rings. The quantitative estimate of drug-likeness (QED) is 0.381. The Kier molecular flexibility index (Phi) is 5.48. The minimum Gasteiger partial charge on any atom is -0.332 e. The normalized spacial score (nSPS) is 10.8. The molecule has 1 aromatic heterocycles. The molecule has 4 nitrogen and oxygen atoms in total. The van der Waals surface area contributed by atoms with Crippen molar-refractivity contribution in [2.75, 3.05) is 10.6 Å². The minimum absolute atomic E-state index is 0.426. The molecule has 140 valence electrons. The highest BCUT2D eigenvalue weighted by Crippen LogP contribution is 2.24. The van der Waals surface area contributed by atoms with Gasteiger partial charge in [-0.15, -0.1) is 0 Å². The summed E-state index contributed by atoms with van der Waals surface area (Å²) in [5.41, 5.74) is 2.00. The van der Waals surface area contributed by atoms with E-state index in [0.29, 0.717) is 27.5 Å². The van der Waals surface area contributed by atoms with Crippen LogP contribution >= 0.6 is 35.4 Å². The van der Waals surface area contributed by atoms with Crippen molar-refractivity contribution in [2.45, 2.75) is 6.54 Å². The highest BCUT2D eigenvalue weighted by atomic mass is 35.5. The Morgan fingerprint density at radius 2 is 1.68 bits per heavy atom. The van der Waals surface area contributed by atoms with Crippen LogP contribution in [0.4, 0.5) is 11.5 Å². The number of halogens is 2. The van der Waals surface area contributed by atoms with Gasteiger partial charge in [-0.05, 0) is 41.4 Å². The van der Waals surface area contributed by atoms with Crippen molar-refractivity contribution in [2.24, 2.45) is 0 Å². The van der Waals surface area contributed by atoms with Crippen LogP contribution in [0.25, 0.3) is 10.8 Å². The third-order valence-electron chi connectivity index (χ3n) is 4.24. The van der Waals surface area contributed by atoms with Crippen molar-refractivity contribution >= 4 is 62.8 Å². The minimum atomic E-state index is 0.426. The van der Waals surface area contributed by atoms with E-state index in [-0.39, 0.29) is 0 Å². The summed E-state index contributed by atoms with van der Waals surface area (Å²) in [6.07, 6.45) is 1.76. The van der Waals surface area contributed by atoms with Crippen molar-refractivity contribution in [3.8, 4) is 0 Å². The Morgan fingerprint density at radius 1 is 0.929 bits per heavy atom. The maximum atomic E-state index is 6.32. The molecule has 0 atom stereocenters. The zero-order valence-corrected chi connectivity index (χ0v) is 17.0. The molecule has 1 heterocycles. The maximum absolute atomic E-state index is 6.32. The summed E-state index contributed by atoms with van der Waals surface area (Å²) < 4.78 is 1.76. The van der Waals surface area contributed by atoms with Gasteiger partial charge in [-0.2, -0.15) is 5.10 Å². The highest BCUT2D eigenvalue weighted by Gasteiger charge is 2.10. The lowest BCUT2D eigenvalue weighted by molar-refractivity contribution is 0.690. The average molecular weight is 427 g/mol. The molecule has 4 rings (SSSR count). The third kappa shape index (κ3) is 4.28. The molecule has 0 fully saturated rings. The van der Waals surface area contributed by atoms with Crippen LogP contribution in [0.5, 0.6) is 0 Å². The molecule has 0 aliphatic carbocycles. The van der Waals surface area contributed by atoms with Gasteiger partial charge in [0.05, 0.1) is 6.54 Å². The number of aromatic nitrogens is 2. The van der Waals surface area contributed by atoms with Gasteiger partial charge in [0.2, 0.25) is 0 Å². The van der Waals surface area contributed by atoms with Gasteiger partial charge in [-0.3, -0.25) is 4.68 Å². The van der Waals surface area contributed by atoms with Gasteiger partial charge in [0.1, 0.15) is 5.02 Å².